The molecule has 21 heavy (non-hydrogen) atoms. The van der Waals surface area contributed by atoms with E-state index in [2.05, 4.69) is 15.4 Å². The molecule has 6 heteroatoms. The molecule has 0 bridgehead atoms. The minimum absolute atomic E-state index is 0.211. The first-order valence-electron chi connectivity index (χ1n) is 6.96. The van der Waals surface area contributed by atoms with Crippen molar-refractivity contribution < 1.29 is 9.13 Å². The van der Waals surface area contributed by atoms with Crippen molar-refractivity contribution >= 4 is 0 Å². The number of nitrogens with one attached hydrogen (secondary N) is 1. The molecule has 0 radical (unpaired) electrons. The van der Waals surface area contributed by atoms with Crippen LogP contribution in [0.3, 0.4) is 0 Å². The SMILES string of the molecule is CNC(Cc1ncnn1C(C)C)c1c(F)cccc1OC. The number of benzene rings is 1. The highest BCUT2D eigenvalue weighted by molar-refractivity contribution is 5.37. The Hall–Kier alpha value is -1.95. The number of hydrogen-bond acceptors (Lipinski definition) is 4. The molecule has 114 valence electrons. The Morgan fingerprint density at radius 3 is 2.76 bits per heavy atom. The fourth-order valence-electron chi connectivity index (χ4n) is 2.42. The Balaban J connectivity index is 2.35. The standard InChI is InChI=1S/C15H21FN4O/c1-10(2)20-14(18-9-19-20)8-12(17-3)15-11(16)6-5-7-13(15)21-4/h5-7,9-10,12,17H,8H2,1-4H3. The summed E-state index contributed by atoms with van der Waals surface area (Å²) in [4.78, 5) is 4.28. The lowest BCUT2D eigenvalue weighted by Gasteiger charge is -2.20. The minimum atomic E-state index is -0.288. The molecule has 2 aromatic rings. The smallest absolute Gasteiger partial charge is 0.138 e. The summed E-state index contributed by atoms with van der Waals surface area (Å²) in [5, 5.41) is 7.35. The lowest BCUT2D eigenvalue weighted by molar-refractivity contribution is 0.389. The fourth-order valence-corrected chi connectivity index (χ4v) is 2.42. The zero-order valence-corrected chi connectivity index (χ0v) is 12.8. The number of nitrogens with zero attached hydrogens (tertiary/aromatic N) is 3. The van der Waals surface area contributed by atoms with Crippen LogP contribution in [0, 0.1) is 5.82 Å². The van der Waals surface area contributed by atoms with Gasteiger partial charge in [-0.25, -0.2) is 14.1 Å². The molecule has 0 spiro atoms. The second kappa shape index (κ2) is 6.67. The molecule has 1 unspecified atom stereocenters. The van der Waals surface area contributed by atoms with Crippen molar-refractivity contribution in [2.45, 2.75) is 32.4 Å². The molecule has 1 atom stereocenters. The summed E-state index contributed by atoms with van der Waals surface area (Å²) in [6.45, 7) is 4.08. The first-order chi connectivity index (χ1) is 10.1. The summed E-state index contributed by atoms with van der Waals surface area (Å²) < 4.78 is 21.3. The van der Waals surface area contributed by atoms with Gasteiger partial charge in [-0.15, -0.1) is 0 Å². The van der Waals surface area contributed by atoms with E-state index >= 15 is 0 Å². The monoisotopic (exact) mass is 292 g/mol. The number of hydrogen-bond donors (Lipinski definition) is 1. The van der Waals surface area contributed by atoms with Crippen LogP contribution < -0.4 is 10.1 Å². The maximum atomic E-state index is 14.2. The topological polar surface area (TPSA) is 52.0 Å². The zero-order valence-electron chi connectivity index (χ0n) is 12.8. The summed E-state index contributed by atoms with van der Waals surface area (Å²) in [6, 6.07) is 4.82. The largest absolute Gasteiger partial charge is 0.496 e. The highest BCUT2D eigenvalue weighted by Crippen LogP contribution is 2.29. The van der Waals surface area contributed by atoms with Gasteiger partial charge in [0.1, 0.15) is 23.7 Å². The van der Waals surface area contributed by atoms with Gasteiger partial charge in [0.25, 0.3) is 0 Å². The lowest BCUT2D eigenvalue weighted by Crippen LogP contribution is -2.23. The van der Waals surface area contributed by atoms with Crippen molar-refractivity contribution in [2.24, 2.45) is 0 Å². The van der Waals surface area contributed by atoms with Crippen LogP contribution in [0.4, 0.5) is 4.39 Å². The number of ether oxygens (including phenoxy) is 1. The summed E-state index contributed by atoms with van der Waals surface area (Å²) in [5.74, 6) is 1.06. The molecule has 5 nitrogen and oxygen atoms in total. The number of rotatable bonds is 6. The Morgan fingerprint density at radius 1 is 1.38 bits per heavy atom. The maximum absolute atomic E-state index is 14.2. The van der Waals surface area contributed by atoms with Gasteiger partial charge >= 0.3 is 0 Å². The molecule has 0 aliphatic heterocycles. The van der Waals surface area contributed by atoms with Crippen LogP contribution in [0.25, 0.3) is 0 Å². The third-order valence-electron chi connectivity index (χ3n) is 3.45. The highest BCUT2D eigenvalue weighted by atomic mass is 19.1. The van der Waals surface area contributed by atoms with E-state index in [1.807, 2.05) is 18.5 Å². The maximum Gasteiger partial charge on any atom is 0.138 e. The second-order valence-electron chi connectivity index (χ2n) is 5.12. The third-order valence-corrected chi connectivity index (χ3v) is 3.45. The van der Waals surface area contributed by atoms with Crippen molar-refractivity contribution in [3.05, 3.63) is 41.7 Å². The zero-order chi connectivity index (χ0) is 15.4. The van der Waals surface area contributed by atoms with Gasteiger partial charge in [-0.05, 0) is 33.0 Å². The molecule has 0 amide bonds. The number of methoxy groups -OCH3 is 1. The Bertz CT molecular complexity index is 597. The Morgan fingerprint density at radius 2 is 2.14 bits per heavy atom. The van der Waals surface area contributed by atoms with Crippen LogP contribution in [0.15, 0.2) is 24.5 Å². The molecule has 0 saturated carbocycles. The minimum Gasteiger partial charge on any atom is -0.496 e. The van der Waals surface area contributed by atoms with Crippen LogP contribution in [0.1, 0.15) is 37.3 Å². The van der Waals surface area contributed by atoms with Gasteiger partial charge in [0.2, 0.25) is 0 Å². The van der Waals surface area contributed by atoms with E-state index in [-0.39, 0.29) is 17.9 Å². The van der Waals surface area contributed by atoms with Crippen molar-refractivity contribution in [2.75, 3.05) is 14.2 Å². The average Bonchev–Trinajstić information content (AvgIpc) is 2.93. The van der Waals surface area contributed by atoms with E-state index in [0.717, 1.165) is 5.82 Å². The van der Waals surface area contributed by atoms with Crippen LogP contribution >= 0.6 is 0 Å². The third kappa shape index (κ3) is 3.21. The Labute approximate surface area is 124 Å². The van der Waals surface area contributed by atoms with Crippen LogP contribution in [-0.2, 0) is 6.42 Å². The summed E-state index contributed by atoms with van der Waals surface area (Å²) >= 11 is 0. The molecular formula is C15H21FN4O. The van der Waals surface area contributed by atoms with Gasteiger partial charge in [0, 0.05) is 24.1 Å². The quantitative estimate of drug-likeness (QED) is 0.889. The molecule has 2 rings (SSSR count). The normalized spacial score (nSPS) is 12.7. The van der Waals surface area contributed by atoms with E-state index in [1.54, 1.807) is 26.3 Å². The van der Waals surface area contributed by atoms with Crippen molar-refractivity contribution in [3.63, 3.8) is 0 Å². The second-order valence-corrected chi connectivity index (χ2v) is 5.12. The van der Waals surface area contributed by atoms with Crippen LogP contribution in [0.5, 0.6) is 5.75 Å². The number of likely N-dealkylation sites (N-methyl/N-ethyl adjacent to an activating group) is 1. The van der Waals surface area contributed by atoms with E-state index in [9.17, 15) is 4.39 Å². The van der Waals surface area contributed by atoms with Gasteiger partial charge in [-0.2, -0.15) is 5.10 Å². The molecule has 1 aromatic heterocycles. The van der Waals surface area contributed by atoms with E-state index in [0.29, 0.717) is 17.7 Å². The predicted octanol–water partition coefficient (Wildman–Crippen LogP) is 2.51. The van der Waals surface area contributed by atoms with Crippen LogP contribution in [-0.4, -0.2) is 28.9 Å². The van der Waals surface area contributed by atoms with Crippen molar-refractivity contribution in [3.8, 4) is 5.75 Å². The van der Waals surface area contributed by atoms with Crippen molar-refractivity contribution in [1.82, 2.24) is 20.1 Å². The summed E-state index contributed by atoms with van der Waals surface area (Å²) in [5.41, 5.74) is 0.515. The highest BCUT2D eigenvalue weighted by Gasteiger charge is 2.22. The molecule has 0 aliphatic carbocycles. The van der Waals surface area contributed by atoms with E-state index in [1.165, 1.54) is 12.4 Å². The lowest BCUT2D eigenvalue weighted by atomic mass is 10.0. The van der Waals surface area contributed by atoms with Gasteiger partial charge in [-0.1, -0.05) is 6.07 Å². The molecule has 1 N–H and O–H groups in total. The first-order valence-corrected chi connectivity index (χ1v) is 6.96. The van der Waals surface area contributed by atoms with Gasteiger partial charge in [0.05, 0.1) is 7.11 Å². The molecule has 0 saturated heterocycles. The van der Waals surface area contributed by atoms with Crippen LogP contribution in [0.2, 0.25) is 0 Å². The number of halogens is 1. The van der Waals surface area contributed by atoms with Gasteiger partial charge < -0.3 is 10.1 Å². The van der Waals surface area contributed by atoms with Gasteiger partial charge in [-0.3, -0.25) is 0 Å². The fraction of sp³-hybridized carbons (Fsp3) is 0.467. The number of aromatic nitrogens is 3. The van der Waals surface area contributed by atoms with E-state index in [4.69, 9.17) is 4.74 Å². The summed E-state index contributed by atoms with van der Waals surface area (Å²) in [7, 11) is 3.34. The van der Waals surface area contributed by atoms with Gasteiger partial charge in [0.15, 0.2) is 0 Å². The molecular weight excluding hydrogens is 271 g/mol. The first kappa shape index (κ1) is 15.4. The summed E-state index contributed by atoms with van der Waals surface area (Å²) in [6.07, 6.45) is 2.06. The molecule has 0 aliphatic rings. The van der Waals surface area contributed by atoms with E-state index < -0.39 is 0 Å². The predicted molar refractivity (Wildman–Crippen MR) is 78.9 cm³/mol. The Kier molecular flexibility index (Phi) is 4.90. The molecule has 0 fully saturated rings. The molecule has 1 aromatic carbocycles. The average molecular weight is 292 g/mol. The molecule has 1 heterocycles. The van der Waals surface area contributed by atoms with Crippen molar-refractivity contribution in [1.29, 1.82) is 0 Å².